The van der Waals surface area contributed by atoms with E-state index >= 15 is 0 Å². The van der Waals surface area contributed by atoms with Crippen LogP contribution >= 0.6 is 15.9 Å². The average molecular weight is 325 g/mol. The molecule has 0 aliphatic carbocycles. The highest BCUT2D eigenvalue weighted by Crippen LogP contribution is 2.27. The van der Waals surface area contributed by atoms with E-state index in [4.69, 9.17) is 0 Å². The highest BCUT2D eigenvalue weighted by molar-refractivity contribution is 9.10. The van der Waals surface area contributed by atoms with Gasteiger partial charge in [0.05, 0.1) is 16.8 Å². The highest BCUT2D eigenvalue weighted by atomic mass is 79.9. The van der Waals surface area contributed by atoms with Gasteiger partial charge in [0.1, 0.15) is 0 Å². The molecule has 0 saturated heterocycles. The number of non-ortho nitro benzene ring substituents is 1. The first-order valence-corrected chi connectivity index (χ1v) is 6.43. The lowest BCUT2D eigenvalue weighted by atomic mass is 10.2. The minimum Gasteiger partial charge on any atom is -0.380 e. The molecular weight excluding hydrogens is 312 g/mol. The lowest BCUT2D eigenvalue weighted by molar-refractivity contribution is -0.384. The summed E-state index contributed by atoms with van der Waals surface area (Å²) in [6.07, 6.45) is 1.79. The predicted molar refractivity (Wildman–Crippen MR) is 76.1 cm³/mol. The molecule has 1 heterocycles. The van der Waals surface area contributed by atoms with Crippen molar-refractivity contribution in [2.45, 2.75) is 13.5 Å². The minimum atomic E-state index is -0.410. The number of benzene rings is 1. The summed E-state index contributed by atoms with van der Waals surface area (Å²) in [5.74, 6) is 0. The number of hydrogen-bond donors (Lipinski definition) is 1. The second kappa shape index (κ2) is 5.40. The van der Waals surface area contributed by atoms with Gasteiger partial charge in [-0.25, -0.2) is 0 Å². The zero-order valence-corrected chi connectivity index (χ0v) is 12.1. The first-order chi connectivity index (χ1) is 8.99. The number of nitro benzene ring substituents is 1. The molecule has 0 bridgehead atoms. The summed E-state index contributed by atoms with van der Waals surface area (Å²) in [4.78, 5) is 10.3. The molecule has 7 heteroatoms. The number of nitrogens with zero attached hydrogens (tertiary/aromatic N) is 3. The molecule has 1 aromatic heterocycles. The van der Waals surface area contributed by atoms with Crippen molar-refractivity contribution in [3.63, 3.8) is 0 Å². The molecule has 0 amide bonds. The molecule has 0 aliphatic rings. The lowest BCUT2D eigenvalue weighted by Crippen LogP contribution is -2.02. The fourth-order valence-corrected chi connectivity index (χ4v) is 2.06. The molecule has 1 aromatic carbocycles. The maximum atomic E-state index is 10.7. The van der Waals surface area contributed by atoms with Crippen molar-refractivity contribution < 1.29 is 4.92 Å². The second-order valence-corrected chi connectivity index (χ2v) is 5.01. The van der Waals surface area contributed by atoms with Gasteiger partial charge in [-0.15, -0.1) is 0 Å². The number of hydrogen-bond acceptors (Lipinski definition) is 4. The fourth-order valence-electron chi connectivity index (χ4n) is 1.67. The molecule has 100 valence electrons. The van der Waals surface area contributed by atoms with Crippen molar-refractivity contribution in [3.8, 4) is 0 Å². The Morgan fingerprint density at radius 3 is 2.84 bits per heavy atom. The predicted octanol–water partition coefficient (Wildman–Crippen LogP) is 3.01. The van der Waals surface area contributed by atoms with E-state index < -0.39 is 4.92 Å². The van der Waals surface area contributed by atoms with Crippen LogP contribution < -0.4 is 5.32 Å². The van der Waals surface area contributed by atoms with Crippen molar-refractivity contribution in [1.29, 1.82) is 0 Å². The largest absolute Gasteiger partial charge is 0.380 e. The first kappa shape index (κ1) is 13.5. The first-order valence-electron chi connectivity index (χ1n) is 5.64. The molecule has 19 heavy (non-hydrogen) atoms. The number of nitro groups is 1. The van der Waals surface area contributed by atoms with Gasteiger partial charge in [0.2, 0.25) is 0 Å². The molecular formula is C12H13BrN4O2. The van der Waals surface area contributed by atoms with E-state index in [1.807, 2.05) is 14.0 Å². The Balaban J connectivity index is 2.17. The maximum absolute atomic E-state index is 10.7. The molecule has 0 spiro atoms. The zero-order chi connectivity index (χ0) is 14.0. The molecule has 1 N–H and O–H groups in total. The number of aromatic nitrogens is 2. The quantitative estimate of drug-likeness (QED) is 0.693. The topological polar surface area (TPSA) is 73.0 Å². The van der Waals surface area contributed by atoms with Crippen molar-refractivity contribution >= 4 is 27.3 Å². The Kier molecular flexibility index (Phi) is 3.84. The van der Waals surface area contributed by atoms with Crippen LogP contribution in [0.4, 0.5) is 11.4 Å². The molecule has 0 aliphatic heterocycles. The fraction of sp³-hybridized carbons (Fsp3) is 0.250. The van der Waals surface area contributed by atoms with Crippen LogP contribution in [0.25, 0.3) is 0 Å². The minimum absolute atomic E-state index is 0.0635. The van der Waals surface area contributed by atoms with Crippen LogP contribution in [0, 0.1) is 17.0 Å². The van der Waals surface area contributed by atoms with Crippen LogP contribution in [0.5, 0.6) is 0 Å². The van der Waals surface area contributed by atoms with Gasteiger partial charge in [-0.1, -0.05) is 0 Å². The highest BCUT2D eigenvalue weighted by Gasteiger charge is 2.10. The molecule has 0 radical (unpaired) electrons. The standard InChI is InChI=1S/C12H13BrN4O2/c1-8-9(7-15-16(8)2)6-14-12-5-10(17(18)19)3-4-11(12)13/h3-5,7,14H,6H2,1-2H3. The summed E-state index contributed by atoms with van der Waals surface area (Å²) in [6.45, 7) is 2.55. The summed E-state index contributed by atoms with van der Waals surface area (Å²) in [6, 6.07) is 4.64. The van der Waals surface area contributed by atoms with Gasteiger partial charge >= 0.3 is 0 Å². The summed E-state index contributed by atoms with van der Waals surface area (Å²) in [7, 11) is 1.88. The Hall–Kier alpha value is -1.89. The number of halogens is 1. The Morgan fingerprint density at radius 1 is 1.53 bits per heavy atom. The van der Waals surface area contributed by atoms with Crippen LogP contribution in [-0.2, 0) is 13.6 Å². The molecule has 2 aromatic rings. The molecule has 6 nitrogen and oxygen atoms in total. The van der Waals surface area contributed by atoms with Crippen molar-refractivity contribution in [2.24, 2.45) is 7.05 Å². The van der Waals surface area contributed by atoms with Gasteiger partial charge in [-0.3, -0.25) is 14.8 Å². The number of nitrogens with one attached hydrogen (secondary N) is 1. The Morgan fingerprint density at radius 2 is 2.26 bits per heavy atom. The third-order valence-corrected chi connectivity index (χ3v) is 3.66. The third kappa shape index (κ3) is 2.93. The monoisotopic (exact) mass is 324 g/mol. The number of rotatable bonds is 4. The van der Waals surface area contributed by atoms with E-state index in [0.29, 0.717) is 12.2 Å². The average Bonchev–Trinajstić information content (AvgIpc) is 2.69. The van der Waals surface area contributed by atoms with Gasteiger partial charge < -0.3 is 5.32 Å². The number of anilines is 1. The Bertz CT molecular complexity index is 624. The smallest absolute Gasteiger partial charge is 0.271 e. The van der Waals surface area contributed by atoms with Crippen LogP contribution in [0.2, 0.25) is 0 Å². The van der Waals surface area contributed by atoms with Crippen molar-refractivity contribution in [2.75, 3.05) is 5.32 Å². The summed E-state index contributed by atoms with van der Waals surface area (Å²) < 4.78 is 2.58. The third-order valence-electron chi connectivity index (χ3n) is 2.97. The normalized spacial score (nSPS) is 10.5. The van der Waals surface area contributed by atoms with E-state index in [1.165, 1.54) is 12.1 Å². The van der Waals surface area contributed by atoms with E-state index in [9.17, 15) is 10.1 Å². The Labute approximate surface area is 118 Å². The van der Waals surface area contributed by atoms with Crippen LogP contribution in [-0.4, -0.2) is 14.7 Å². The molecule has 0 saturated carbocycles. The molecule has 2 rings (SSSR count). The van der Waals surface area contributed by atoms with Crippen LogP contribution in [0.3, 0.4) is 0 Å². The summed E-state index contributed by atoms with van der Waals surface area (Å²) in [5.41, 5.74) is 2.88. The molecule has 0 atom stereocenters. The van der Waals surface area contributed by atoms with Gasteiger partial charge in [0.15, 0.2) is 0 Å². The van der Waals surface area contributed by atoms with Gasteiger partial charge in [0.25, 0.3) is 5.69 Å². The van der Waals surface area contributed by atoms with Gasteiger partial charge in [-0.05, 0) is 28.9 Å². The van der Waals surface area contributed by atoms with E-state index in [-0.39, 0.29) is 5.69 Å². The molecule has 0 unspecified atom stereocenters. The number of aryl methyl sites for hydroxylation is 1. The van der Waals surface area contributed by atoms with Gasteiger partial charge in [0, 0.05) is 41.5 Å². The van der Waals surface area contributed by atoms with E-state index in [1.54, 1.807) is 16.9 Å². The lowest BCUT2D eigenvalue weighted by Gasteiger charge is -2.08. The van der Waals surface area contributed by atoms with E-state index in [0.717, 1.165) is 15.7 Å². The van der Waals surface area contributed by atoms with Crippen LogP contribution in [0.15, 0.2) is 28.9 Å². The molecule has 0 fully saturated rings. The van der Waals surface area contributed by atoms with E-state index in [2.05, 4.69) is 26.3 Å². The van der Waals surface area contributed by atoms with Crippen molar-refractivity contribution in [3.05, 3.63) is 50.2 Å². The van der Waals surface area contributed by atoms with Crippen LogP contribution in [0.1, 0.15) is 11.3 Å². The maximum Gasteiger partial charge on any atom is 0.271 e. The van der Waals surface area contributed by atoms with Crippen molar-refractivity contribution in [1.82, 2.24) is 9.78 Å². The summed E-state index contributed by atoms with van der Waals surface area (Å²) >= 11 is 3.37. The SMILES string of the molecule is Cc1c(CNc2cc([N+](=O)[O-])ccc2Br)cnn1C. The summed E-state index contributed by atoms with van der Waals surface area (Å²) in [5, 5.41) is 18.1. The van der Waals surface area contributed by atoms with Gasteiger partial charge in [-0.2, -0.15) is 5.10 Å². The second-order valence-electron chi connectivity index (χ2n) is 4.15. The zero-order valence-electron chi connectivity index (χ0n) is 10.6.